The van der Waals surface area contributed by atoms with E-state index in [1.807, 2.05) is 29.2 Å². The number of nitrogens with zero attached hydrogens (tertiary/aromatic N) is 1. The Labute approximate surface area is 155 Å². The highest BCUT2D eigenvalue weighted by molar-refractivity contribution is 5.89. The van der Waals surface area contributed by atoms with Gasteiger partial charge in [-0.05, 0) is 55.8 Å². The van der Waals surface area contributed by atoms with E-state index in [1.54, 1.807) is 0 Å². The molecule has 0 bridgehead atoms. The molecule has 1 aromatic carbocycles. The lowest BCUT2D eigenvalue weighted by molar-refractivity contribution is -0.120. The largest absolute Gasteiger partial charge is 0.351 e. The first kappa shape index (κ1) is 19.5. The predicted molar refractivity (Wildman–Crippen MR) is 101 cm³/mol. The van der Waals surface area contributed by atoms with E-state index in [1.165, 1.54) is 12.8 Å². The fourth-order valence-electron chi connectivity index (χ4n) is 2.86. The van der Waals surface area contributed by atoms with Crippen LogP contribution in [0.5, 0.6) is 0 Å². The number of carbonyl (C=O) groups is 2. The van der Waals surface area contributed by atoms with Crippen LogP contribution in [0.4, 0.5) is 10.5 Å². The minimum Gasteiger partial charge on any atom is -0.351 e. The maximum absolute atomic E-state index is 12.1. The van der Waals surface area contributed by atoms with Crippen molar-refractivity contribution in [3.8, 4) is 0 Å². The molecule has 3 amide bonds. The molecule has 0 radical (unpaired) electrons. The second-order valence-corrected chi connectivity index (χ2v) is 6.68. The van der Waals surface area contributed by atoms with Gasteiger partial charge >= 0.3 is 6.03 Å². The van der Waals surface area contributed by atoms with Gasteiger partial charge in [-0.15, -0.1) is 12.4 Å². The van der Waals surface area contributed by atoms with Crippen molar-refractivity contribution in [1.29, 1.82) is 0 Å². The molecule has 2 aliphatic rings. The SMILES string of the molecule is Cl.O=C(CNCC1CC1)NCc1cccc(NC(=O)N2CCCC2)c1. The number of nitrogens with one attached hydrogen (secondary N) is 3. The Morgan fingerprint density at radius 2 is 1.92 bits per heavy atom. The predicted octanol–water partition coefficient (Wildman–Crippen LogP) is 2.35. The molecule has 0 atom stereocenters. The summed E-state index contributed by atoms with van der Waals surface area (Å²) in [7, 11) is 0. The third-order valence-corrected chi connectivity index (χ3v) is 4.48. The van der Waals surface area contributed by atoms with Crippen LogP contribution >= 0.6 is 12.4 Å². The number of amides is 3. The average Bonchev–Trinajstić information content (AvgIpc) is 3.23. The van der Waals surface area contributed by atoms with E-state index >= 15 is 0 Å². The number of anilines is 1. The smallest absolute Gasteiger partial charge is 0.321 e. The topological polar surface area (TPSA) is 73.5 Å². The zero-order valence-corrected chi connectivity index (χ0v) is 15.2. The van der Waals surface area contributed by atoms with E-state index < -0.39 is 0 Å². The summed E-state index contributed by atoms with van der Waals surface area (Å²) in [5.41, 5.74) is 1.75. The van der Waals surface area contributed by atoms with Crippen molar-refractivity contribution in [3.63, 3.8) is 0 Å². The number of benzene rings is 1. The van der Waals surface area contributed by atoms with Crippen LogP contribution in [0.25, 0.3) is 0 Å². The average molecular weight is 367 g/mol. The molecule has 0 aromatic heterocycles. The molecule has 0 unspecified atom stereocenters. The van der Waals surface area contributed by atoms with Crippen molar-refractivity contribution in [2.24, 2.45) is 5.92 Å². The highest BCUT2D eigenvalue weighted by atomic mass is 35.5. The van der Waals surface area contributed by atoms with Gasteiger partial charge in [0.25, 0.3) is 0 Å². The maximum atomic E-state index is 12.1. The molecule has 1 saturated carbocycles. The number of hydrogen-bond donors (Lipinski definition) is 3. The molecule has 0 spiro atoms. The summed E-state index contributed by atoms with van der Waals surface area (Å²) in [6.45, 7) is 3.43. The zero-order chi connectivity index (χ0) is 16.8. The van der Waals surface area contributed by atoms with Crippen molar-refractivity contribution in [2.45, 2.75) is 32.2 Å². The van der Waals surface area contributed by atoms with Gasteiger partial charge in [-0.2, -0.15) is 0 Å². The van der Waals surface area contributed by atoms with E-state index in [4.69, 9.17) is 0 Å². The molecular formula is C18H27ClN4O2. The number of hydrogen-bond acceptors (Lipinski definition) is 3. The second kappa shape index (κ2) is 9.63. The lowest BCUT2D eigenvalue weighted by Gasteiger charge is -2.16. The Balaban J connectivity index is 0.00000225. The molecule has 25 heavy (non-hydrogen) atoms. The van der Waals surface area contributed by atoms with Crippen molar-refractivity contribution in [1.82, 2.24) is 15.5 Å². The molecular weight excluding hydrogens is 340 g/mol. The molecule has 1 aliphatic carbocycles. The summed E-state index contributed by atoms with van der Waals surface area (Å²) < 4.78 is 0. The molecule has 1 aliphatic heterocycles. The summed E-state index contributed by atoms with van der Waals surface area (Å²) >= 11 is 0. The quantitative estimate of drug-likeness (QED) is 0.693. The van der Waals surface area contributed by atoms with Crippen molar-refractivity contribution in [3.05, 3.63) is 29.8 Å². The van der Waals surface area contributed by atoms with E-state index in [2.05, 4.69) is 16.0 Å². The number of halogens is 1. The summed E-state index contributed by atoms with van der Waals surface area (Å²) in [5, 5.41) is 9.01. The van der Waals surface area contributed by atoms with Crippen molar-refractivity contribution >= 4 is 30.0 Å². The molecule has 1 aromatic rings. The first-order valence-corrected chi connectivity index (χ1v) is 8.83. The lowest BCUT2D eigenvalue weighted by atomic mass is 10.2. The van der Waals surface area contributed by atoms with Gasteiger partial charge in [-0.25, -0.2) is 4.79 Å². The molecule has 1 heterocycles. The van der Waals surface area contributed by atoms with Crippen LogP contribution in [0.2, 0.25) is 0 Å². The zero-order valence-electron chi connectivity index (χ0n) is 14.4. The van der Waals surface area contributed by atoms with Crippen LogP contribution in [0.15, 0.2) is 24.3 Å². The van der Waals surface area contributed by atoms with Gasteiger partial charge in [-0.3, -0.25) is 4.79 Å². The normalized spacial score (nSPS) is 16.2. The Morgan fingerprint density at radius 3 is 2.64 bits per heavy atom. The van der Waals surface area contributed by atoms with Gasteiger partial charge < -0.3 is 20.9 Å². The highest BCUT2D eigenvalue weighted by Gasteiger charge is 2.20. The Morgan fingerprint density at radius 1 is 1.16 bits per heavy atom. The standard InChI is InChI=1S/C18H26N4O2.ClH/c23-17(13-19-11-14-6-7-14)20-12-15-4-3-5-16(10-15)21-18(24)22-8-1-2-9-22;/h3-5,10,14,19H,1-2,6-9,11-13H2,(H,20,23)(H,21,24);1H. The number of urea groups is 1. The molecule has 3 rings (SSSR count). The molecule has 3 N–H and O–H groups in total. The van der Waals surface area contributed by atoms with Crippen LogP contribution in [-0.4, -0.2) is 43.0 Å². The molecule has 6 nitrogen and oxygen atoms in total. The molecule has 7 heteroatoms. The number of likely N-dealkylation sites (tertiary alicyclic amines) is 1. The molecule has 138 valence electrons. The van der Waals surface area contributed by atoms with Crippen molar-refractivity contribution in [2.75, 3.05) is 31.5 Å². The lowest BCUT2D eigenvalue weighted by Crippen LogP contribution is -2.34. The van der Waals surface area contributed by atoms with Gasteiger partial charge in [0.15, 0.2) is 0 Å². The summed E-state index contributed by atoms with van der Waals surface area (Å²) in [6.07, 6.45) is 4.72. The second-order valence-electron chi connectivity index (χ2n) is 6.68. The van der Waals surface area contributed by atoms with Crippen molar-refractivity contribution < 1.29 is 9.59 Å². The van der Waals surface area contributed by atoms with Crippen LogP contribution < -0.4 is 16.0 Å². The minimum absolute atomic E-state index is 0. The van der Waals surface area contributed by atoms with Gasteiger partial charge in [-0.1, -0.05) is 12.1 Å². The van der Waals surface area contributed by atoms with E-state index in [-0.39, 0.29) is 24.3 Å². The summed E-state index contributed by atoms with van der Waals surface area (Å²) in [4.78, 5) is 25.7. The molecule has 1 saturated heterocycles. The van der Waals surface area contributed by atoms with E-state index in [9.17, 15) is 9.59 Å². The van der Waals surface area contributed by atoms with Crippen LogP contribution in [0.3, 0.4) is 0 Å². The van der Waals surface area contributed by atoms with Gasteiger partial charge in [0, 0.05) is 25.3 Å². The first-order chi connectivity index (χ1) is 11.7. The third kappa shape index (κ3) is 6.55. The Bertz CT molecular complexity index is 586. The monoisotopic (exact) mass is 366 g/mol. The van der Waals surface area contributed by atoms with Crippen LogP contribution in [0, 0.1) is 5.92 Å². The summed E-state index contributed by atoms with van der Waals surface area (Å²) in [5.74, 6) is 0.774. The van der Waals surface area contributed by atoms with Gasteiger partial charge in [0.05, 0.1) is 6.54 Å². The minimum atomic E-state index is -0.0436. The van der Waals surface area contributed by atoms with Crippen LogP contribution in [0.1, 0.15) is 31.2 Å². The van der Waals surface area contributed by atoms with E-state index in [0.717, 1.165) is 49.6 Å². The van der Waals surface area contributed by atoms with Crippen LogP contribution in [-0.2, 0) is 11.3 Å². The third-order valence-electron chi connectivity index (χ3n) is 4.48. The van der Waals surface area contributed by atoms with Gasteiger partial charge in [0.2, 0.25) is 5.91 Å². The maximum Gasteiger partial charge on any atom is 0.321 e. The van der Waals surface area contributed by atoms with E-state index in [0.29, 0.717) is 13.1 Å². The first-order valence-electron chi connectivity index (χ1n) is 8.83. The number of carbonyl (C=O) groups excluding carboxylic acids is 2. The fraction of sp³-hybridized carbons (Fsp3) is 0.556. The fourth-order valence-corrected chi connectivity index (χ4v) is 2.86. The Hall–Kier alpha value is -1.79. The number of rotatable bonds is 7. The molecule has 2 fully saturated rings. The summed E-state index contributed by atoms with van der Waals surface area (Å²) in [6, 6.07) is 7.58. The van der Waals surface area contributed by atoms with Gasteiger partial charge in [0.1, 0.15) is 0 Å². The highest BCUT2D eigenvalue weighted by Crippen LogP contribution is 2.27. The Kier molecular flexibility index (Phi) is 7.52.